The molecule has 5 amide bonds. The van der Waals surface area contributed by atoms with Crippen LogP contribution in [0.2, 0.25) is 0 Å². The van der Waals surface area contributed by atoms with Crippen molar-refractivity contribution in [1.29, 1.82) is 0 Å². The molecule has 34 heavy (non-hydrogen) atoms. The molecule has 180 valence electrons. The number of amides is 5. The summed E-state index contributed by atoms with van der Waals surface area (Å²) in [7, 11) is 0. The molecule has 0 aromatic heterocycles. The van der Waals surface area contributed by atoms with Gasteiger partial charge in [-0.3, -0.25) is 29.4 Å². The van der Waals surface area contributed by atoms with E-state index in [1.54, 1.807) is 25.7 Å². The average molecular weight is 472 g/mol. The number of fused-ring (bicyclic) bond motifs is 3. The fourth-order valence-electron chi connectivity index (χ4n) is 5.16. The van der Waals surface area contributed by atoms with Crippen molar-refractivity contribution in [2.75, 3.05) is 18.0 Å². The number of ether oxygens (including phenoxy) is 1. The molecule has 0 radical (unpaired) electrons. The Morgan fingerprint density at radius 2 is 1.68 bits per heavy atom. The van der Waals surface area contributed by atoms with Gasteiger partial charge in [0.1, 0.15) is 17.5 Å². The van der Waals surface area contributed by atoms with Gasteiger partial charge < -0.3 is 14.5 Å². The Morgan fingerprint density at radius 3 is 2.26 bits per heavy atom. The molecule has 3 unspecified atom stereocenters. The van der Waals surface area contributed by atoms with Crippen LogP contribution < -0.4 is 10.2 Å². The summed E-state index contributed by atoms with van der Waals surface area (Å²) in [6.07, 6.45) is 0.388. The number of halogens is 1. The second kappa shape index (κ2) is 7.51. The molecule has 6 rings (SSSR count). The smallest absolute Gasteiger partial charge is 0.410 e. The van der Waals surface area contributed by atoms with Crippen LogP contribution in [0.1, 0.15) is 60.7 Å². The van der Waals surface area contributed by atoms with Gasteiger partial charge in [0.05, 0.1) is 16.8 Å². The number of rotatable bonds is 2. The molecule has 5 heterocycles. The minimum Gasteiger partial charge on any atom is -0.444 e. The minimum atomic E-state index is -1.11. The molecule has 0 saturated carbocycles. The number of benzene rings is 1. The lowest BCUT2D eigenvalue weighted by Gasteiger charge is -2.57. The van der Waals surface area contributed by atoms with Crippen LogP contribution in [-0.4, -0.2) is 76.3 Å². The van der Waals surface area contributed by atoms with E-state index in [4.69, 9.17) is 4.74 Å². The molecule has 4 saturated heterocycles. The maximum atomic E-state index is 15.1. The number of anilines is 1. The van der Waals surface area contributed by atoms with Crippen molar-refractivity contribution in [2.45, 2.75) is 63.8 Å². The first-order valence-electron chi connectivity index (χ1n) is 11.3. The first-order chi connectivity index (χ1) is 15.9. The molecule has 1 aromatic carbocycles. The summed E-state index contributed by atoms with van der Waals surface area (Å²) in [6.45, 7) is 6.09. The molecule has 0 aliphatic carbocycles. The van der Waals surface area contributed by atoms with Gasteiger partial charge >= 0.3 is 6.09 Å². The van der Waals surface area contributed by atoms with Crippen LogP contribution in [0.15, 0.2) is 12.1 Å². The zero-order valence-corrected chi connectivity index (χ0v) is 19.1. The molecular weight excluding hydrogens is 447 g/mol. The van der Waals surface area contributed by atoms with E-state index < -0.39 is 47.2 Å². The summed E-state index contributed by atoms with van der Waals surface area (Å²) in [5.74, 6) is -3.26. The number of carbonyl (C=O) groups excluding carboxylic acids is 5. The number of nitrogens with one attached hydrogen (secondary N) is 1. The third-order valence-electron chi connectivity index (χ3n) is 6.63. The van der Waals surface area contributed by atoms with E-state index in [0.717, 1.165) is 17.4 Å². The number of piperazine rings is 1. The van der Waals surface area contributed by atoms with Gasteiger partial charge in [0.15, 0.2) is 0 Å². The lowest BCUT2D eigenvalue weighted by molar-refractivity contribution is -0.136. The Kier molecular flexibility index (Phi) is 4.92. The molecule has 10 nitrogen and oxygen atoms in total. The molecule has 0 spiro atoms. The van der Waals surface area contributed by atoms with Crippen LogP contribution in [0.5, 0.6) is 0 Å². The molecule has 4 fully saturated rings. The highest BCUT2D eigenvalue weighted by molar-refractivity contribution is 6.23. The van der Waals surface area contributed by atoms with Crippen molar-refractivity contribution >= 4 is 35.4 Å². The zero-order chi connectivity index (χ0) is 24.5. The Morgan fingerprint density at radius 1 is 1.06 bits per heavy atom. The third kappa shape index (κ3) is 3.50. The molecule has 1 N–H and O–H groups in total. The first-order valence-corrected chi connectivity index (χ1v) is 11.3. The standard InChI is InChI=1S/C23H25FN4O6/c1-23(2,3)34-22(33)26-9-11-6-12(10-26)27(11)17-8-14-13(7-15(17)24)20(31)28(21(14)32)16-4-5-18(29)25-19(16)30/h7-8,11-12,16H,4-6,9-10H2,1-3H3,(H,25,29,30). The van der Waals surface area contributed by atoms with E-state index in [1.165, 1.54) is 6.07 Å². The summed E-state index contributed by atoms with van der Waals surface area (Å²) >= 11 is 0. The Labute approximate surface area is 195 Å². The van der Waals surface area contributed by atoms with Crippen molar-refractivity contribution in [3.8, 4) is 0 Å². The van der Waals surface area contributed by atoms with Gasteiger partial charge in [-0.15, -0.1) is 0 Å². The van der Waals surface area contributed by atoms with Crippen molar-refractivity contribution < 1.29 is 33.1 Å². The van der Waals surface area contributed by atoms with Gasteiger partial charge in [-0.05, 0) is 45.7 Å². The highest BCUT2D eigenvalue weighted by atomic mass is 19.1. The summed E-state index contributed by atoms with van der Waals surface area (Å²) < 4.78 is 20.6. The average Bonchev–Trinajstić information content (AvgIpc) is 2.97. The van der Waals surface area contributed by atoms with Crippen molar-refractivity contribution in [3.05, 3.63) is 29.1 Å². The Bertz CT molecular complexity index is 1130. The van der Waals surface area contributed by atoms with Crippen LogP contribution in [0, 0.1) is 5.82 Å². The van der Waals surface area contributed by atoms with E-state index in [2.05, 4.69) is 5.32 Å². The van der Waals surface area contributed by atoms with Crippen LogP contribution in [0.4, 0.5) is 14.9 Å². The highest BCUT2D eigenvalue weighted by Gasteiger charge is 2.50. The lowest BCUT2D eigenvalue weighted by Crippen LogP contribution is -2.70. The van der Waals surface area contributed by atoms with Gasteiger partial charge in [0, 0.05) is 31.6 Å². The Hall–Kier alpha value is -3.50. The van der Waals surface area contributed by atoms with E-state index in [9.17, 15) is 24.0 Å². The second-order valence-corrected chi connectivity index (χ2v) is 10.1. The minimum absolute atomic E-state index is 0.00864. The monoisotopic (exact) mass is 472 g/mol. The number of carbonyl (C=O) groups is 5. The van der Waals surface area contributed by atoms with Crippen LogP contribution in [0.25, 0.3) is 0 Å². The van der Waals surface area contributed by atoms with Crippen LogP contribution in [0.3, 0.4) is 0 Å². The van der Waals surface area contributed by atoms with Gasteiger partial charge in [-0.1, -0.05) is 0 Å². The van der Waals surface area contributed by atoms with E-state index >= 15 is 4.39 Å². The third-order valence-corrected chi connectivity index (χ3v) is 6.63. The number of imide groups is 2. The van der Waals surface area contributed by atoms with E-state index in [1.807, 2.05) is 4.90 Å². The predicted octanol–water partition coefficient (Wildman–Crippen LogP) is 1.42. The largest absolute Gasteiger partial charge is 0.444 e. The van der Waals surface area contributed by atoms with Crippen molar-refractivity contribution in [2.24, 2.45) is 0 Å². The summed E-state index contributed by atoms with van der Waals surface area (Å²) in [6, 6.07) is 1.01. The molecule has 11 heteroatoms. The van der Waals surface area contributed by atoms with Gasteiger partial charge in [0.2, 0.25) is 11.8 Å². The molecule has 5 aliphatic rings. The lowest BCUT2D eigenvalue weighted by atomic mass is 9.86. The number of hydrogen-bond donors (Lipinski definition) is 1. The normalized spacial score (nSPS) is 26.4. The Balaban J connectivity index is 1.37. The van der Waals surface area contributed by atoms with Gasteiger partial charge in [0.25, 0.3) is 11.8 Å². The van der Waals surface area contributed by atoms with E-state index in [0.29, 0.717) is 13.1 Å². The zero-order valence-electron chi connectivity index (χ0n) is 19.1. The van der Waals surface area contributed by atoms with Crippen LogP contribution in [-0.2, 0) is 14.3 Å². The van der Waals surface area contributed by atoms with E-state index in [-0.39, 0.29) is 41.7 Å². The fraction of sp³-hybridized carbons (Fsp3) is 0.522. The second-order valence-electron chi connectivity index (χ2n) is 10.1. The van der Waals surface area contributed by atoms with Gasteiger partial charge in [-0.2, -0.15) is 0 Å². The maximum absolute atomic E-state index is 15.1. The number of hydrogen-bond acceptors (Lipinski definition) is 7. The molecule has 2 bridgehead atoms. The first kappa shape index (κ1) is 22.3. The quantitative estimate of drug-likeness (QED) is 0.647. The molecule has 3 atom stereocenters. The summed E-state index contributed by atoms with van der Waals surface area (Å²) in [5.41, 5.74) is -0.501. The predicted molar refractivity (Wildman–Crippen MR) is 116 cm³/mol. The van der Waals surface area contributed by atoms with Crippen molar-refractivity contribution in [1.82, 2.24) is 15.1 Å². The topological polar surface area (TPSA) is 116 Å². The fourth-order valence-corrected chi connectivity index (χ4v) is 5.16. The van der Waals surface area contributed by atoms with Crippen molar-refractivity contribution in [3.63, 3.8) is 0 Å². The van der Waals surface area contributed by atoms with Crippen LogP contribution >= 0.6 is 0 Å². The molecular formula is C23H25FN4O6. The number of nitrogens with zero attached hydrogens (tertiary/aromatic N) is 3. The molecule has 5 aliphatic heterocycles. The maximum Gasteiger partial charge on any atom is 0.410 e. The SMILES string of the molecule is CC(C)(C)OC(=O)N1CC2CC(C1)N2c1cc2c(cc1F)C(=O)N(C1CCC(=O)NC1=O)C2=O. The highest BCUT2D eigenvalue weighted by Crippen LogP contribution is 2.41. The van der Waals surface area contributed by atoms with Gasteiger partial charge in [-0.25, -0.2) is 9.18 Å². The number of piperidine rings is 2. The molecule has 1 aromatic rings. The summed E-state index contributed by atoms with van der Waals surface area (Å²) in [4.78, 5) is 66.3. The summed E-state index contributed by atoms with van der Waals surface area (Å²) in [5, 5.41) is 2.14.